The normalized spacial score (nSPS) is 20.3. The van der Waals surface area contributed by atoms with Gasteiger partial charge in [0.25, 0.3) is 5.91 Å². The predicted molar refractivity (Wildman–Crippen MR) is 89.6 cm³/mol. The number of carbonyl (C=O) groups is 1. The van der Waals surface area contributed by atoms with Crippen LogP contribution in [0.3, 0.4) is 0 Å². The van der Waals surface area contributed by atoms with E-state index < -0.39 is 0 Å². The smallest absolute Gasteiger partial charge is 0.264 e. The van der Waals surface area contributed by atoms with Crippen LogP contribution in [0.15, 0.2) is 6.07 Å². The van der Waals surface area contributed by atoms with Gasteiger partial charge in [-0.3, -0.25) is 4.79 Å². The number of fused-ring (bicyclic) bond motifs is 2. The van der Waals surface area contributed by atoms with Gasteiger partial charge in [0.1, 0.15) is 5.82 Å². The minimum Gasteiger partial charge on any atom is -0.329 e. The zero-order valence-electron chi connectivity index (χ0n) is 13.7. The molecule has 0 unspecified atom stereocenters. The lowest BCUT2D eigenvalue weighted by Gasteiger charge is -2.27. The molecule has 1 aliphatic carbocycles. The molecule has 1 atom stereocenters. The zero-order valence-corrected chi connectivity index (χ0v) is 14.5. The molecule has 0 bridgehead atoms. The number of hydrogen-bond donors (Lipinski definition) is 0. The molecule has 6 heteroatoms. The van der Waals surface area contributed by atoms with E-state index in [2.05, 4.69) is 27.8 Å². The summed E-state index contributed by atoms with van der Waals surface area (Å²) >= 11 is 1.70. The molecule has 0 N–H and O–H groups in total. The predicted octanol–water partition coefficient (Wildman–Crippen LogP) is 2.82. The standard InChI is InChI=1S/C17H22N4OS/c1-3-12-4-5-14-13(8-12)9-15(23-14)17(22)20-6-7-21-11(2)18-19-16(21)10-20/h9,12H,3-8,10H2,1-2H3/t12-/m1/s1. The number of aromatic nitrogens is 3. The SMILES string of the molecule is CC[C@@H]1CCc2sc(C(=O)N3CCn4c(C)nnc4C3)cc2C1. The van der Waals surface area contributed by atoms with Crippen LogP contribution in [0, 0.1) is 12.8 Å². The zero-order chi connectivity index (χ0) is 16.0. The lowest BCUT2D eigenvalue weighted by atomic mass is 9.87. The summed E-state index contributed by atoms with van der Waals surface area (Å²) < 4.78 is 2.11. The molecule has 0 saturated carbocycles. The van der Waals surface area contributed by atoms with Crippen LogP contribution in [0.25, 0.3) is 0 Å². The summed E-state index contributed by atoms with van der Waals surface area (Å²) in [5.41, 5.74) is 1.41. The summed E-state index contributed by atoms with van der Waals surface area (Å²) in [6.07, 6.45) is 4.78. The van der Waals surface area contributed by atoms with E-state index in [0.29, 0.717) is 6.54 Å². The second kappa shape index (κ2) is 5.74. The highest BCUT2D eigenvalue weighted by molar-refractivity contribution is 7.14. The van der Waals surface area contributed by atoms with Crippen molar-refractivity contribution in [2.45, 2.75) is 52.6 Å². The van der Waals surface area contributed by atoms with Crippen LogP contribution in [0.2, 0.25) is 0 Å². The van der Waals surface area contributed by atoms with Gasteiger partial charge in [0.05, 0.1) is 11.4 Å². The van der Waals surface area contributed by atoms with E-state index in [4.69, 9.17) is 0 Å². The number of nitrogens with zero attached hydrogens (tertiary/aromatic N) is 4. The maximum Gasteiger partial charge on any atom is 0.264 e. The highest BCUT2D eigenvalue weighted by atomic mass is 32.1. The van der Waals surface area contributed by atoms with Crippen molar-refractivity contribution in [3.8, 4) is 0 Å². The Bertz CT molecular complexity index is 748. The van der Waals surface area contributed by atoms with Crippen molar-refractivity contribution in [3.05, 3.63) is 33.0 Å². The third kappa shape index (κ3) is 2.59. The van der Waals surface area contributed by atoms with Gasteiger partial charge < -0.3 is 9.47 Å². The molecule has 23 heavy (non-hydrogen) atoms. The minimum absolute atomic E-state index is 0.157. The van der Waals surface area contributed by atoms with Gasteiger partial charge >= 0.3 is 0 Å². The fourth-order valence-corrected chi connectivity index (χ4v) is 4.86. The molecule has 2 aromatic heterocycles. The highest BCUT2D eigenvalue weighted by Crippen LogP contribution is 2.34. The largest absolute Gasteiger partial charge is 0.329 e. The molecule has 1 amide bonds. The molecule has 0 aromatic carbocycles. The van der Waals surface area contributed by atoms with Crippen LogP contribution in [0.4, 0.5) is 0 Å². The van der Waals surface area contributed by atoms with Gasteiger partial charge in [0, 0.05) is 18.0 Å². The topological polar surface area (TPSA) is 51.0 Å². The second-order valence-electron chi connectivity index (χ2n) is 6.62. The maximum absolute atomic E-state index is 12.9. The molecule has 0 saturated heterocycles. The fraction of sp³-hybridized carbons (Fsp3) is 0.588. The van der Waals surface area contributed by atoms with Gasteiger partial charge in [-0.1, -0.05) is 13.3 Å². The monoisotopic (exact) mass is 330 g/mol. The molecule has 0 radical (unpaired) electrons. The van der Waals surface area contributed by atoms with Gasteiger partial charge in [-0.05, 0) is 43.7 Å². The van der Waals surface area contributed by atoms with E-state index in [1.807, 2.05) is 11.8 Å². The molecule has 3 heterocycles. The van der Waals surface area contributed by atoms with Crippen molar-refractivity contribution in [2.24, 2.45) is 5.92 Å². The average molecular weight is 330 g/mol. The Labute approximate surface area is 140 Å². The molecule has 2 aliphatic rings. The molecule has 0 spiro atoms. The first-order valence-corrected chi connectivity index (χ1v) is 9.27. The Morgan fingerprint density at radius 2 is 2.26 bits per heavy atom. The Kier molecular flexibility index (Phi) is 3.71. The second-order valence-corrected chi connectivity index (χ2v) is 7.75. The number of aryl methyl sites for hydroxylation is 2. The first-order valence-electron chi connectivity index (χ1n) is 8.45. The summed E-state index contributed by atoms with van der Waals surface area (Å²) in [4.78, 5) is 17.1. The Hall–Kier alpha value is -1.69. The Balaban J connectivity index is 1.53. The van der Waals surface area contributed by atoms with E-state index in [0.717, 1.165) is 48.4 Å². The van der Waals surface area contributed by atoms with Gasteiger partial charge in [0.2, 0.25) is 0 Å². The summed E-state index contributed by atoms with van der Waals surface area (Å²) in [6, 6.07) is 2.15. The molecule has 122 valence electrons. The molecular formula is C17H22N4OS. The summed E-state index contributed by atoms with van der Waals surface area (Å²) in [5.74, 6) is 2.78. The van der Waals surface area contributed by atoms with E-state index in [1.165, 1.54) is 23.3 Å². The van der Waals surface area contributed by atoms with E-state index in [1.54, 1.807) is 11.3 Å². The first kappa shape index (κ1) is 14.9. The molecule has 1 aliphatic heterocycles. The molecule has 2 aromatic rings. The van der Waals surface area contributed by atoms with Gasteiger partial charge in [-0.15, -0.1) is 21.5 Å². The van der Waals surface area contributed by atoms with Crippen LogP contribution in [0.5, 0.6) is 0 Å². The Morgan fingerprint density at radius 1 is 1.39 bits per heavy atom. The molecular weight excluding hydrogens is 308 g/mol. The summed E-state index contributed by atoms with van der Waals surface area (Å²) in [7, 11) is 0. The fourth-order valence-electron chi connectivity index (χ4n) is 3.69. The van der Waals surface area contributed by atoms with Gasteiger partial charge in [-0.25, -0.2) is 0 Å². The van der Waals surface area contributed by atoms with Crippen LogP contribution >= 0.6 is 11.3 Å². The van der Waals surface area contributed by atoms with Crippen molar-refractivity contribution < 1.29 is 4.79 Å². The number of rotatable bonds is 2. The molecule has 0 fully saturated rings. The van der Waals surface area contributed by atoms with E-state index in [-0.39, 0.29) is 5.91 Å². The van der Waals surface area contributed by atoms with Crippen molar-refractivity contribution in [2.75, 3.05) is 6.54 Å². The van der Waals surface area contributed by atoms with Gasteiger partial charge in [0.15, 0.2) is 5.82 Å². The van der Waals surface area contributed by atoms with Crippen LogP contribution < -0.4 is 0 Å². The van der Waals surface area contributed by atoms with Crippen LogP contribution in [-0.2, 0) is 25.9 Å². The van der Waals surface area contributed by atoms with E-state index >= 15 is 0 Å². The quantitative estimate of drug-likeness (QED) is 0.851. The van der Waals surface area contributed by atoms with Crippen molar-refractivity contribution in [3.63, 3.8) is 0 Å². The summed E-state index contributed by atoms with van der Waals surface area (Å²) in [5, 5.41) is 8.30. The van der Waals surface area contributed by atoms with Crippen molar-refractivity contribution in [1.29, 1.82) is 0 Å². The lowest BCUT2D eigenvalue weighted by Crippen LogP contribution is -2.38. The number of amides is 1. The molecule has 5 nitrogen and oxygen atoms in total. The maximum atomic E-state index is 12.9. The number of hydrogen-bond acceptors (Lipinski definition) is 4. The van der Waals surface area contributed by atoms with Crippen LogP contribution in [0.1, 0.15) is 51.5 Å². The van der Waals surface area contributed by atoms with Crippen molar-refractivity contribution in [1.82, 2.24) is 19.7 Å². The lowest BCUT2D eigenvalue weighted by molar-refractivity contribution is 0.0711. The average Bonchev–Trinajstić information content (AvgIpc) is 3.17. The molecule has 4 rings (SSSR count). The van der Waals surface area contributed by atoms with E-state index in [9.17, 15) is 4.79 Å². The number of carbonyl (C=O) groups excluding carboxylic acids is 1. The van der Waals surface area contributed by atoms with Crippen molar-refractivity contribution >= 4 is 17.2 Å². The first-order chi connectivity index (χ1) is 11.2. The summed E-state index contributed by atoms with van der Waals surface area (Å²) in [6.45, 7) is 6.33. The third-order valence-electron chi connectivity index (χ3n) is 5.20. The third-order valence-corrected chi connectivity index (χ3v) is 6.42. The number of thiophene rings is 1. The highest BCUT2D eigenvalue weighted by Gasteiger charge is 2.27. The van der Waals surface area contributed by atoms with Crippen LogP contribution in [-0.4, -0.2) is 32.1 Å². The Morgan fingerprint density at radius 3 is 3.09 bits per heavy atom. The minimum atomic E-state index is 0.157. The van der Waals surface area contributed by atoms with Gasteiger partial charge in [-0.2, -0.15) is 0 Å².